The highest BCUT2D eigenvalue weighted by Crippen LogP contribution is 2.65. The van der Waals surface area contributed by atoms with Crippen LogP contribution < -0.4 is 0 Å². The predicted molar refractivity (Wildman–Crippen MR) is 107 cm³/mol. The zero-order valence-electron chi connectivity index (χ0n) is 17.2. The topological polar surface area (TPSA) is 57.0 Å². The van der Waals surface area contributed by atoms with E-state index in [0.29, 0.717) is 5.92 Å². The maximum Gasteiger partial charge on any atom is 0.302 e. The minimum absolute atomic E-state index is 0.0767. The molecule has 0 radical (unpaired) electrons. The van der Waals surface area contributed by atoms with Crippen molar-refractivity contribution >= 4 is 11.7 Å². The molecule has 1 aromatic heterocycles. The van der Waals surface area contributed by atoms with Crippen LogP contribution >= 0.6 is 0 Å². The number of hydrogen-bond donors (Lipinski definition) is 0. The standard InChI is InChI=1S/C23H31N3O2/c1-15(27)28-17-8-10-22(2)16(14-17)4-5-18-19-6-7-21(26-24-12-13-25-26)23(19,3)11-9-20(18)22/h4,7,12-13,17-20H,5-6,8-11,14H2,1-3H3/t17?,18?,19?,20?,22?,23-/m0/s1. The van der Waals surface area contributed by atoms with Crippen LogP contribution in [0.2, 0.25) is 0 Å². The number of carbonyl (C=O) groups excluding carboxylic acids is 1. The molecule has 0 N–H and O–H groups in total. The largest absolute Gasteiger partial charge is 0.462 e. The van der Waals surface area contributed by atoms with Gasteiger partial charge >= 0.3 is 5.97 Å². The first kappa shape index (κ1) is 18.1. The maximum atomic E-state index is 11.4. The van der Waals surface area contributed by atoms with E-state index in [-0.39, 0.29) is 22.9 Å². The Labute approximate surface area is 167 Å². The normalized spacial score (nSPS) is 42.0. The van der Waals surface area contributed by atoms with Crippen LogP contribution in [0, 0.1) is 28.6 Å². The summed E-state index contributed by atoms with van der Waals surface area (Å²) in [7, 11) is 0. The number of ether oxygens (including phenoxy) is 1. The zero-order valence-corrected chi connectivity index (χ0v) is 17.2. The van der Waals surface area contributed by atoms with Crippen LogP contribution in [0.3, 0.4) is 0 Å². The number of nitrogens with zero attached hydrogens (tertiary/aromatic N) is 3. The molecule has 0 bridgehead atoms. The third kappa shape index (κ3) is 2.54. The summed E-state index contributed by atoms with van der Waals surface area (Å²) in [5.74, 6) is 1.99. The van der Waals surface area contributed by atoms with E-state index < -0.39 is 0 Å². The average Bonchev–Trinajstić information content (AvgIpc) is 3.28. The molecule has 28 heavy (non-hydrogen) atoms. The summed E-state index contributed by atoms with van der Waals surface area (Å²) in [6.45, 7) is 6.45. The Kier molecular flexibility index (Phi) is 4.08. The van der Waals surface area contributed by atoms with Crippen molar-refractivity contribution < 1.29 is 9.53 Å². The Morgan fingerprint density at radius 3 is 2.57 bits per heavy atom. The number of rotatable bonds is 2. The first-order chi connectivity index (χ1) is 13.4. The smallest absolute Gasteiger partial charge is 0.302 e. The molecule has 4 aliphatic carbocycles. The van der Waals surface area contributed by atoms with Crippen LogP contribution in [0.5, 0.6) is 0 Å². The lowest BCUT2D eigenvalue weighted by atomic mass is 9.48. The molecule has 150 valence electrons. The summed E-state index contributed by atoms with van der Waals surface area (Å²) >= 11 is 0. The van der Waals surface area contributed by atoms with E-state index in [4.69, 9.17) is 4.74 Å². The molecule has 0 amide bonds. The fourth-order valence-corrected chi connectivity index (χ4v) is 7.16. The second kappa shape index (κ2) is 6.30. The van der Waals surface area contributed by atoms with Gasteiger partial charge in [-0.15, -0.1) is 0 Å². The number of hydrogen-bond acceptors (Lipinski definition) is 4. The number of carbonyl (C=O) groups is 1. The van der Waals surface area contributed by atoms with Crippen LogP contribution in [0.1, 0.15) is 65.7 Å². The van der Waals surface area contributed by atoms with Crippen LogP contribution in [-0.4, -0.2) is 27.1 Å². The monoisotopic (exact) mass is 381 g/mol. The van der Waals surface area contributed by atoms with Crippen LogP contribution in [0.25, 0.3) is 5.70 Å². The van der Waals surface area contributed by atoms with E-state index >= 15 is 0 Å². The van der Waals surface area contributed by atoms with Crippen molar-refractivity contribution in [2.45, 2.75) is 71.8 Å². The molecular weight excluding hydrogens is 350 g/mol. The molecule has 1 aromatic rings. The summed E-state index contributed by atoms with van der Waals surface area (Å²) in [6.07, 6.45) is 16.4. The van der Waals surface area contributed by atoms with Crippen LogP contribution in [0.4, 0.5) is 0 Å². The second-order valence-corrected chi connectivity index (χ2v) is 9.83. The van der Waals surface area contributed by atoms with Gasteiger partial charge in [0.25, 0.3) is 0 Å². The highest BCUT2D eigenvalue weighted by atomic mass is 16.5. The molecule has 5 nitrogen and oxygen atoms in total. The minimum atomic E-state index is -0.145. The molecule has 2 fully saturated rings. The quantitative estimate of drug-likeness (QED) is 0.554. The summed E-state index contributed by atoms with van der Waals surface area (Å²) in [5, 5.41) is 8.87. The third-order valence-electron chi connectivity index (χ3n) is 8.57. The average molecular weight is 382 g/mol. The van der Waals surface area contributed by atoms with Gasteiger partial charge in [0.2, 0.25) is 0 Å². The van der Waals surface area contributed by atoms with Gasteiger partial charge in [0.15, 0.2) is 0 Å². The molecule has 0 aliphatic heterocycles. The lowest BCUT2D eigenvalue weighted by Crippen LogP contribution is -2.50. The molecule has 4 aliphatic rings. The van der Waals surface area contributed by atoms with Gasteiger partial charge in [0.1, 0.15) is 6.10 Å². The van der Waals surface area contributed by atoms with Crippen molar-refractivity contribution in [3.05, 3.63) is 30.1 Å². The summed E-state index contributed by atoms with van der Waals surface area (Å²) in [6, 6.07) is 0. The van der Waals surface area contributed by atoms with Crippen molar-refractivity contribution in [2.75, 3.05) is 0 Å². The Hall–Kier alpha value is -1.91. The van der Waals surface area contributed by atoms with E-state index in [1.807, 2.05) is 4.80 Å². The Morgan fingerprint density at radius 2 is 1.82 bits per heavy atom. The van der Waals surface area contributed by atoms with Crippen LogP contribution in [0.15, 0.2) is 30.1 Å². The molecule has 2 saturated carbocycles. The van der Waals surface area contributed by atoms with Crippen molar-refractivity contribution in [1.29, 1.82) is 0 Å². The summed E-state index contributed by atoms with van der Waals surface area (Å²) in [4.78, 5) is 13.3. The Morgan fingerprint density at radius 1 is 1.07 bits per heavy atom. The van der Waals surface area contributed by atoms with Crippen molar-refractivity contribution in [2.24, 2.45) is 28.6 Å². The van der Waals surface area contributed by atoms with Gasteiger partial charge in [0.05, 0.1) is 18.1 Å². The van der Waals surface area contributed by atoms with Crippen LogP contribution in [-0.2, 0) is 9.53 Å². The van der Waals surface area contributed by atoms with Crippen molar-refractivity contribution in [1.82, 2.24) is 15.0 Å². The lowest BCUT2D eigenvalue weighted by molar-refractivity contribution is -0.148. The fourth-order valence-electron chi connectivity index (χ4n) is 7.16. The molecule has 0 aromatic carbocycles. The predicted octanol–water partition coefficient (Wildman–Crippen LogP) is 4.62. The SMILES string of the molecule is CC(=O)OC1CCC2(C)C(=CCC3C2CC[C@]2(C)C(n4nccn4)=CCC32)C1. The van der Waals surface area contributed by atoms with E-state index in [1.54, 1.807) is 18.0 Å². The minimum Gasteiger partial charge on any atom is -0.462 e. The van der Waals surface area contributed by atoms with Gasteiger partial charge in [-0.05, 0) is 61.7 Å². The third-order valence-corrected chi connectivity index (χ3v) is 8.57. The maximum absolute atomic E-state index is 11.4. The van der Waals surface area contributed by atoms with Gasteiger partial charge in [-0.3, -0.25) is 4.79 Å². The highest BCUT2D eigenvalue weighted by molar-refractivity contribution is 5.66. The van der Waals surface area contributed by atoms with E-state index in [9.17, 15) is 4.79 Å². The van der Waals surface area contributed by atoms with Gasteiger partial charge in [0, 0.05) is 18.8 Å². The fraction of sp³-hybridized carbons (Fsp3) is 0.696. The molecule has 0 saturated heterocycles. The lowest BCUT2D eigenvalue weighted by Gasteiger charge is -2.57. The van der Waals surface area contributed by atoms with Gasteiger partial charge < -0.3 is 4.74 Å². The first-order valence-corrected chi connectivity index (χ1v) is 10.9. The second-order valence-electron chi connectivity index (χ2n) is 9.83. The molecule has 1 heterocycles. The number of aromatic nitrogens is 3. The number of allylic oxidation sites excluding steroid dienone is 3. The molecule has 5 heteroatoms. The summed E-state index contributed by atoms with van der Waals surface area (Å²) < 4.78 is 5.56. The first-order valence-electron chi connectivity index (χ1n) is 10.9. The summed E-state index contributed by atoms with van der Waals surface area (Å²) in [5.41, 5.74) is 3.30. The van der Waals surface area contributed by atoms with E-state index in [1.165, 1.54) is 25.5 Å². The van der Waals surface area contributed by atoms with E-state index in [2.05, 4.69) is 36.2 Å². The van der Waals surface area contributed by atoms with Gasteiger partial charge in [-0.1, -0.05) is 31.6 Å². The molecule has 5 unspecified atom stereocenters. The van der Waals surface area contributed by atoms with Crippen molar-refractivity contribution in [3.63, 3.8) is 0 Å². The highest BCUT2D eigenvalue weighted by Gasteiger charge is 2.57. The Bertz CT molecular complexity index is 842. The van der Waals surface area contributed by atoms with E-state index in [0.717, 1.165) is 43.9 Å². The van der Waals surface area contributed by atoms with Gasteiger partial charge in [-0.2, -0.15) is 15.0 Å². The molecular formula is C23H31N3O2. The molecule has 6 atom stereocenters. The zero-order chi connectivity index (χ0) is 19.5. The van der Waals surface area contributed by atoms with Gasteiger partial charge in [-0.25, -0.2) is 0 Å². The van der Waals surface area contributed by atoms with Crippen molar-refractivity contribution in [3.8, 4) is 0 Å². The number of esters is 1. The Balaban J connectivity index is 1.41. The molecule has 0 spiro atoms. The molecule has 5 rings (SSSR count). The number of fused-ring (bicyclic) bond motifs is 5.